The highest BCUT2D eigenvalue weighted by molar-refractivity contribution is 4.76. The quantitative estimate of drug-likeness (QED) is 0.623. The van der Waals surface area contributed by atoms with E-state index in [0.29, 0.717) is 18.2 Å². The fraction of sp³-hybridized carbons (Fsp3) is 1.00. The molecule has 0 bridgehead atoms. The van der Waals surface area contributed by atoms with Crippen molar-refractivity contribution in [3.8, 4) is 0 Å². The number of ether oxygens (including phenoxy) is 1. The van der Waals surface area contributed by atoms with Gasteiger partial charge in [-0.2, -0.15) is 0 Å². The van der Waals surface area contributed by atoms with Gasteiger partial charge in [0, 0.05) is 32.2 Å². The van der Waals surface area contributed by atoms with E-state index in [4.69, 9.17) is 4.74 Å². The van der Waals surface area contributed by atoms with Gasteiger partial charge >= 0.3 is 0 Å². The van der Waals surface area contributed by atoms with Crippen molar-refractivity contribution in [1.82, 2.24) is 9.80 Å². The van der Waals surface area contributed by atoms with Crippen LogP contribution in [-0.4, -0.2) is 60.8 Å². The average Bonchev–Trinajstić information content (AvgIpc) is 2.53. The molecule has 0 radical (unpaired) electrons. The first-order valence-corrected chi connectivity index (χ1v) is 10.2. The van der Waals surface area contributed by atoms with Crippen LogP contribution in [0.5, 0.6) is 0 Å². The van der Waals surface area contributed by atoms with Crippen LogP contribution < -0.4 is 0 Å². The van der Waals surface area contributed by atoms with Crippen LogP contribution in [0.4, 0.5) is 0 Å². The van der Waals surface area contributed by atoms with Crippen molar-refractivity contribution < 1.29 is 4.74 Å². The van der Waals surface area contributed by atoms with Gasteiger partial charge in [0.15, 0.2) is 0 Å². The van der Waals surface area contributed by atoms with Gasteiger partial charge in [0.1, 0.15) is 0 Å². The molecular formula is C20H40N2O. The molecule has 23 heavy (non-hydrogen) atoms. The van der Waals surface area contributed by atoms with E-state index in [0.717, 1.165) is 5.92 Å². The second-order valence-corrected chi connectivity index (χ2v) is 8.29. The molecule has 0 amide bonds. The van der Waals surface area contributed by atoms with Crippen LogP contribution in [0.3, 0.4) is 0 Å². The molecule has 0 atom stereocenters. The molecule has 136 valence electrons. The summed E-state index contributed by atoms with van der Waals surface area (Å²) >= 11 is 0. The van der Waals surface area contributed by atoms with Crippen LogP contribution in [-0.2, 0) is 4.74 Å². The molecule has 1 heterocycles. The molecule has 3 heteroatoms. The Morgan fingerprint density at radius 3 is 2.09 bits per heavy atom. The first kappa shape index (κ1) is 19.2. The van der Waals surface area contributed by atoms with Gasteiger partial charge in [-0.05, 0) is 72.3 Å². The fourth-order valence-corrected chi connectivity index (χ4v) is 4.21. The van der Waals surface area contributed by atoms with E-state index in [2.05, 4.69) is 37.5 Å². The average molecular weight is 325 g/mol. The van der Waals surface area contributed by atoms with Crippen LogP contribution in [0.2, 0.25) is 0 Å². The maximum Gasteiger partial charge on any atom is 0.0578 e. The van der Waals surface area contributed by atoms with Crippen molar-refractivity contribution in [3.63, 3.8) is 0 Å². The van der Waals surface area contributed by atoms with Crippen molar-refractivity contribution in [3.05, 3.63) is 0 Å². The zero-order valence-corrected chi connectivity index (χ0v) is 16.1. The minimum atomic E-state index is 0.396. The van der Waals surface area contributed by atoms with Gasteiger partial charge in [-0.25, -0.2) is 0 Å². The fourth-order valence-electron chi connectivity index (χ4n) is 4.21. The molecule has 0 spiro atoms. The van der Waals surface area contributed by atoms with Crippen molar-refractivity contribution >= 4 is 0 Å². The molecule has 2 aliphatic rings. The molecule has 2 rings (SSSR count). The summed E-state index contributed by atoms with van der Waals surface area (Å²) in [7, 11) is 0. The second kappa shape index (κ2) is 10.0. The molecule has 1 aliphatic heterocycles. The van der Waals surface area contributed by atoms with E-state index in [-0.39, 0.29) is 0 Å². The van der Waals surface area contributed by atoms with E-state index in [9.17, 15) is 0 Å². The lowest BCUT2D eigenvalue weighted by Crippen LogP contribution is -2.48. The van der Waals surface area contributed by atoms with Crippen LogP contribution in [0.25, 0.3) is 0 Å². The molecule has 3 nitrogen and oxygen atoms in total. The molecule has 0 N–H and O–H groups in total. The van der Waals surface area contributed by atoms with Crippen molar-refractivity contribution in [2.45, 2.75) is 90.9 Å². The molecule has 0 unspecified atom stereocenters. The van der Waals surface area contributed by atoms with E-state index >= 15 is 0 Å². The van der Waals surface area contributed by atoms with Crippen molar-refractivity contribution in [2.24, 2.45) is 5.92 Å². The highest BCUT2D eigenvalue weighted by Crippen LogP contribution is 2.30. The summed E-state index contributed by atoms with van der Waals surface area (Å²) in [6.07, 6.45) is 10.6. The molecule has 0 aromatic carbocycles. The van der Waals surface area contributed by atoms with Gasteiger partial charge in [-0.1, -0.05) is 12.8 Å². The Morgan fingerprint density at radius 1 is 0.870 bits per heavy atom. The van der Waals surface area contributed by atoms with Crippen LogP contribution in [0.15, 0.2) is 0 Å². The normalized spacial score (nSPS) is 27.9. The maximum absolute atomic E-state index is 5.96. The zero-order chi connectivity index (χ0) is 16.7. The Balaban J connectivity index is 1.49. The Bertz CT molecular complexity index is 303. The summed E-state index contributed by atoms with van der Waals surface area (Å²) in [6.45, 7) is 15.3. The van der Waals surface area contributed by atoms with E-state index < -0.39 is 0 Å². The number of hydrogen-bond acceptors (Lipinski definition) is 3. The molecule has 1 aliphatic carbocycles. The van der Waals surface area contributed by atoms with Gasteiger partial charge in [-0.15, -0.1) is 0 Å². The van der Waals surface area contributed by atoms with Gasteiger partial charge in [0.2, 0.25) is 0 Å². The monoisotopic (exact) mass is 324 g/mol. The predicted molar refractivity (Wildman–Crippen MR) is 99.0 cm³/mol. The standard InChI is InChI=1S/C20H40N2O/c1-17(2)22-15-13-21(14-16-22)12-6-5-7-19-8-10-20(11-9-19)23-18(3)4/h17-20H,5-16H2,1-4H3. The van der Waals surface area contributed by atoms with Gasteiger partial charge in [0.05, 0.1) is 12.2 Å². The Kier molecular flexibility index (Phi) is 8.35. The maximum atomic E-state index is 5.96. The smallest absolute Gasteiger partial charge is 0.0578 e. The highest BCUT2D eigenvalue weighted by Gasteiger charge is 2.22. The third-order valence-electron chi connectivity index (χ3n) is 5.73. The molecule has 0 aromatic rings. The molecule has 1 saturated heterocycles. The summed E-state index contributed by atoms with van der Waals surface area (Å²) in [5, 5.41) is 0. The van der Waals surface area contributed by atoms with Crippen molar-refractivity contribution in [1.29, 1.82) is 0 Å². The zero-order valence-electron chi connectivity index (χ0n) is 16.1. The lowest BCUT2D eigenvalue weighted by atomic mass is 9.84. The predicted octanol–water partition coefficient (Wildman–Crippen LogP) is 4.17. The summed E-state index contributed by atoms with van der Waals surface area (Å²) in [5.41, 5.74) is 0. The van der Waals surface area contributed by atoms with E-state index in [1.807, 2.05) is 0 Å². The lowest BCUT2D eigenvalue weighted by molar-refractivity contribution is -0.0203. The number of nitrogens with zero attached hydrogens (tertiary/aromatic N) is 2. The number of rotatable bonds is 8. The minimum Gasteiger partial charge on any atom is -0.376 e. The Hall–Kier alpha value is -0.120. The number of piperazine rings is 1. The number of unbranched alkanes of at least 4 members (excludes halogenated alkanes) is 1. The summed E-state index contributed by atoms with van der Waals surface area (Å²) < 4.78 is 5.96. The summed E-state index contributed by atoms with van der Waals surface area (Å²) in [5.74, 6) is 0.972. The SMILES string of the molecule is CC(C)OC1CCC(CCCCN2CCN(C(C)C)CC2)CC1. The molecular weight excluding hydrogens is 284 g/mol. The lowest BCUT2D eigenvalue weighted by Gasteiger charge is -2.37. The van der Waals surface area contributed by atoms with Crippen LogP contribution >= 0.6 is 0 Å². The molecule has 0 aromatic heterocycles. The van der Waals surface area contributed by atoms with Crippen LogP contribution in [0, 0.1) is 5.92 Å². The third-order valence-corrected chi connectivity index (χ3v) is 5.73. The highest BCUT2D eigenvalue weighted by atomic mass is 16.5. The Labute approximate surface area is 144 Å². The first-order chi connectivity index (χ1) is 11.0. The summed E-state index contributed by atoms with van der Waals surface area (Å²) in [6, 6.07) is 0.715. The largest absolute Gasteiger partial charge is 0.376 e. The van der Waals surface area contributed by atoms with Gasteiger partial charge < -0.3 is 9.64 Å². The van der Waals surface area contributed by atoms with Gasteiger partial charge in [-0.3, -0.25) is 4.90 Å². The van der Waals surface area contributed by atoms with E-state index in [1.165, 1.54) is 77.7 Å². The third kappa shape index (κ3) is 7.11. The summed E-state index contributed by atoms with van der Waals surface area (Å²) in [4.78, 5) is 5.28. The van der Waals surface area contributed by atoms with E-state index in [1.54, 1.807) is 0 Å². The minimum absolute atomic E-state index is 0.396. The molecule has 1 saturated carbocycles. The van der Waals surface area contributed by atoms with Crippen LogP contribution in [0.1, 0.15) is 72.6 Å². The topological polar surface area (TPSA) is 15.7 Å². The number of hydrogen-bond donors (Lipinski definition) is 0. The van der Waals surface area contributed by atoms with Crippen molar-refractivity contribution in [2.75, 3.05) is 32.7 Å². The Morgan fingerprint density at radius 2 is 1.52 bits per heavy atom. The second-order valence-electron chi connectivity index (χ2n) is 8.29. The molecule has 2 fully saturated rings. The van der Waals surface area contributed by atoms with Gasteiger partial charge in [0.25, 0.3) is 0 Å². The first-order valence-electron chi connectivity index (χ1n) is 10.2.